The Kier molecular flexibility index (Phi) is 4.22. The van der Waals surface area contributed by atoms with Crippen LogP contribution in [-0.2, 0) is 0 Å². The Balaban J connectivity index is 1.35. The van der Waals surface area contributed by atoms with Crippen molar-refractivity contribution in [1.82, 2.24) is 4.90 Å². The van der Waals surface area contributed by atoms with Crippen LogP contribution in [0.2, 0.25) is 0 Å². The van der Waals surface area contributed by atoms with Crippen molar-refractivity contribution in [1.29, 1.82) is 5.26 Å². The molecular weight excluding hydrogens is 248 g/mol. The molecule has 0 bridgehead atoms. The maximum absolute atomic E-state index is 8.74. The number of ether oxygens (including phenoxy) is 1. The van der Waals surface area contributed by atoms with E-state index in [1.54, 1.807) is 12.1 Å². The second-order valence-corrected chi connectivity index (χ2v) is 6.05. The largest absolute Gasteiger partial charge is 0.494 e. The summed E-state index contributed by atoms with van der Waals surface area (Å²) in [6.07, 6.45) is 5.43. The van der Waals surface area contributed by atoms with Gasteiger partial charge in [-0.3, -0.25) is 0 Å². The highest BCUT2D eigenvalue weighted by Crippen LogP contribution is 2.37. The van der Waals surface area contributed by atoms with Gasteiger partial charge in [-0.25, -0.2) is 0 Å². The molecule has 1 aromatic rings. The lowest BCUT2D eigenvalue weighted by atomic mass is 10.0. The Morgan fingerprint density at radius 1 is 1.15 bits per heavy atom. The highest BCUT2D eigenvalue weighted by molar-refractivity contribution is 5.34. The number of hydrogen-bond acceptors (Lipinski definition) is 3. The second-order valence-electron chi connectivity index (χ2n) is 6.05. The molecule has 1 aliphatic carbocycles. The summed E-state index contributed by atoms with van der Waals surface area (Å²) in [5.74, 6) is 2.83. The quantitative estimate of drug-likeness (QED) is 0.772. The fourth-order valence-electron chi connectivity index (χ4n) is 3.62. The van der Waals surface area contributed by atoms with Crippen molar-refractivity contribution in [2.24, 2.45) is 11.8 Å². The first-order valence-corrected chi connectivity index (χ1v) is 7.70. The van der Waals surface area contributed by atoms with Gasteiger partial charge in [0.2, 0.25) is 0 Å². The van der Waals surface area contributed by atoms with Gasteiger partial charge in [-0.15, -0.1) is 0 Å². The zero-order valence-electron chi connectivity index (χ0n) is 11.9. The lowest BCUT2D eigenvalue weighted by molar-refractivity contribution is 0.253. The van der Waals surface area contributed by atoms with E-state index in [-0.39, 0.29) is 0 Å². The minimum Gasteiger partial charge on any atom is -0.494 e. The zero-order valence-corrected chi connectivity index (χ0v) is 11.9. The maximum Gasteiger partial charge on any atom is 0.119 e. The maximum atomic E-state index is 8.74. The molecular formula is C17H22N2O. The molecule has 20 heavy (non-hydrogen) atoms. The standard InChI is InChI=1S/C17H22N2O/c18-11-14-5-7-17(8-6-14)20-10-2-9-19-12-15-3-1-4-16(15)13-19/h5-8,15-16H,1-4,9-10,12-13H2/t15-,16-/m0/s1. The van der Waals surface area contributed by atoms with Crippen molar-refractivity contribution >= 4 is 0 Å². The summed E-state index contributed by atoms with van der Waals surface area (Å²) in [5.41, 5.74) is 0.681. The van der Waals surface area contributed by atoms with Crippen molar-refractivity contribution < 1.29 is 4.74 Å². The first-order chi connectivity index (χ1) is 9.85. The van der Waals surface area contributed by atoms with Crippen LogP contribution in [0.4, 0.5) is 0 Å². The Morgan fingerprint density at radius 3 is 2.50 bits per heavy atom. The van der Waals surface area contributed by atoms with E-state index >= 15 is 0 Å². The summed E-state index contributed by atoms with van der Waals surface area (Å²) in [6.45, 7) is 4.53. The summed E-state index contributed by atoms with van der Waals surface area (Å²) in [6, 6.07) is 9.47. The van der Waals surface area contributed by atoms with E-state index in [0.29, 0.717) is 5.56 Å². The van der Waals surface area contributed by atoms with Crippen LogP contribution in [0.25, 0.3) is 0 Å². The Hall–Kier alpha value is -1.53. The molecule has 0 radical (unpaired) electrons. The van der Waals surface area contributed by atoms with E-state index in [2.05, 4.69) is 11.0 Å². The molecule has 3 heteroatoms. The van der Waals surface area contributed by atoms with Crippen LogP contribution in [0.3, 0.4) is 0 Å². The first-order valence-electron chi connectivity index (χ1n) is 7.70. The topological polar surface area (TPSA) is 36.3 Å². The lowest BCUT2D eigenvalue weighted by Crippen LogP contribution is -2.24. The number of nitrogens with zero attached hydrogens (tertiary/aromatic N) is 2. The van der Waals surface area contributed by atoms with Gasteiger partial charge in [-0.05, 0) is 55.4 Å². The molecule has 0 amide bonds. The van der Waals surface area contributed by atoms with Gasteiger partial charge in [0, 0.05) is 19.6 Å². The van der Waals surface area contributed by atoms with Crippen LogP contribution in [-0.4, -0.2) is 31.1 Å². The number of rotatable bonds is 5. The summed E-state index contributed by atoms with van der Waals surface area (Å²) >= 11 is 0. The van der Waals surface area contributed by atoms with Crippen molar-refractivity contribution in [3.63, 3.8) is 0 Å². The highest BCUT2D eigenvalue weighted by atomic mass is 16.5. The average Bonchev–Trinajstić information content (AvgIpc) is 3.05. The monoisotopic (exact) mass is 270 g/mol. The molecule has 106 valence electrons. The second kappa shape index (κ2) is 6.28. The smallest absolute Gasteiger partial charge is 0.119 e. The molecule has 2 aliphatic rings. The van der Waals surface area contributed by atoms with Gasteiger partial charge in [0.1, 0.15) is 5.75 Å². The molecule has 2 atom stereocenters. The molecule has 1 saturated carbocycles. The minimum atomic E-state index is 0.681. The van der Waals surface area contributed by atoms with Gasteiger partial charge in [0.05, 0.1) is 18.2 Å². The van der Waals surface area contributed by atoms with Crippen LogP contribution >= 0.6 is 0 Å². The molecule has 1 heterocycles. The van der Waals surface area contributed by atoms with Crippen LogP contribution in [0.1, 0.15) is 31.2 Å². The third-order valence-corrected chi connectivity index (χ3v) is 4.67. The van der Waals surface area contributed by atoms with Crippen molar-refractivity contribution in [3.05, 3.63) is 29.8 Å². The summed E-state index contributed by atoms with van der Waals surface area (Å²) < 4.78 is 5.72. The molecule has 1 aliphatic heterocycles. The van der Waals surface area contributed by atoms with Gasteiger partial charge in [-0.2, -0.15) is 5.26 Å². The molecule has 3 nitrogen and oxygen atoms in total. The van der Waals surface area contributed by atoms with E-state index in [4.69, 9.17) is 10.00 Å². The highest BCUT2D eigenvalue weighted by Gasteiger charge is 2.35. The van der Waals surface area contributed by atoms with E-state index < -0.39 is 0 Å². The van der Waals surface area contributed by atoms with Crippen molar-refractivity contribution in [2.75, 3.05) is 26.2 Å². The minimum absolute atomic E-state index is 0.681. The van der Waals surface area contributed by atoms with E-state index in [0.717, 1.165) is 37.2 Å². The molecule has 0 spiro atoms. The van der Waals surface area contributed by atoms with Crippen LogP contribution in [0.15, 0.2) is 24.3 Å². The molecule has 1 aromatic carbocycles. The Morgan fingerprint density at radius 2 is 1.85 bits per heavy atom. The van der Waals surface area contributed by atoms with E-state index in [1.165, 1.54) is 32.4 Å². The van der Waals surface area contributed by atoms with Gasteiger partial charge in [-0.1, -0.05) is 6.42 Å². The van der Waals surface area contributed by atoms with Crippen molar-refractivity contribution in [2.45, 2.75) is 25.7 Å². The third-order valence-electron chi connectivity index (χ3n) is 4.67. The third kappa shape index (κ3) is 3.13. The zero-order chi connectivity index (χ0) is 13.8. The summed E-state index contributed by atoms with van der Waals surface area (Å²) in [5, 5.41) is 8.74. The van der Waals surface area contributed by atoms with Crippen LogP contribution in [0, 0.1) is 23.2 Å². The number of likely N-dealkylation sites (tertiary alicyclic amines) is 1. The van der Waals surface area contributed by atoms with Gasteiger partial charge >= 0.3 is 0 Å². The average molecular weight is 270 g/mol. The molecule has 0 aromatic heterocycles. The molecule has 1 saturated heterocycles. The number of benzene rings is 1. The molecule has 2 fully saturated rings. The fraction of sp³-hybridized carbons (Fsp3) is 0.588. The number of hydrogen-bond donors (Lipinski definition) is 0. The summed E-state index contributed by atoms with van der Waals surface area (Å²) in [4.78, 5) is 2.61. The van der Waals surface area contributed by atoms with Gasteiger partial charge in [0.25, 0.3) is 0 Å². The van der Waals surface area contributed by atoms with Gasteiger partial charge in [0.15, 0.2) is 0 Å². The molecule has 0 unspecified atom stereocenters. The SMILES string of the molecule is N#Cc1ccc(OCCCN2C[C@@H]3CCC[C@H]3C2)cc1. The normalized spacial score (nSPS) is 25.4. The van der Waals surface area contributed by atoms with E-state index in [9.17, 15) is 0 Å². The van der Waals surface area contributed by atoms with Crippen LogP contribution in [0.5, 0.6) is 5.75 Å². The predicted molar refractivity (Wildman–Crippen MR) is 78.5 cm³/mol. The number of fused-ring (bicyclic) bond motifs is 1. The molecule has 3 rings (SSSR count). The van der Waals surface area contributed by atoms with Crippen LogP contribution < -0.4 is 4.74 Å². The first kappa shape index (κ1) is 13.5. The van der Waals surface area contributed by atoms with Gasteiger partial charge < -0.3 is 9.64 Å². The number of nitriles is 1. The fourth-order valence-corrected chi connectivity index (χ4v) is 3.62. The van der Waals surface area contributed by atoms with E-state index in [1.807, 2.05) is 12.1 Å². The Labute approximate surface area is 121 Å². The summed E-state index contributed by atoms with van der Waals surface area (Å²) in [7, 11) is 0. The predicted octanol–water partition coefficient (Wildman–Crippen LogP) is 3.06. The Bertz CT molecular complexity index is 465. The van der Waals surface area contributed by atoms with Crippen molar-refractivity contribution in [3.8, 4) is 11.8 Å². The molecule has 0 N–H and O–H groups in total. The lowest BCUT2D eigenvalue weighted by Gasteiger charge is -2.16.